The molecule has 2 aliphatic carbocycles. The third kappa shape index (κ3) is 2.36. The van der Waals surface area contributed by atoms with Crippen LogP contribution in [0.5, 0.6) is 5.75 Å². The molecule has 0 amide bonds. The summed E-state index contributed by atoms with van der Waals surface area (Å²) >= 11 is 6.12. The molecule has 0 saturated heterocycles. The van der Waals surface area contributed by atoms with Crippen LogP contribution in [-0.2, 0) is 0 Å². The van der Waals surface area contributed by atoms with Crippen LogP contribution >= 0.6 is 11.6 Å². The molecule has 2 aliphatic rings. The smallest absolute Gasteiger partial charge is 0.137 e. The SMILES string of the molecule is CCNC(c1ccc(Cl)c(OC)c1)C1C2CCCC21. The monoisotopic (exact) mass is 279 g/mol. The van der Waals surface area contributed by atoms with E-state index in [4.69, 9.17) is 16.3 Å². The van der Waals surface area contributed by atoms with Crippen LogP contribution in [0.25, 0.3) is 0 Å². The summed E-state index contributed by atoms with van der Waals surface area (Å²) in [4.78, 5) is 0. The molecule has 0 aromatic heterocycles. The number of hydrogen-bond acceptors (Lipinski definition) is 2. The van der Waals surface area contributed by atoms with Crippen LogP contribution in [0.3, 0.4) is 0 Å². The highest BCUT2D eigenvalue weighted by molar-refractivity contribution is 6.32. The molecule has 1 aromatic carbocycles. The van der Waals surface area contributed by atoms with Crippen molar-refractivity contribution >= 4 is 11.6 Å². The molecule has 1 aromatic rings. The van der Waals surface area contributed by atoms with Crippen LogP contribution in [0.4, 0.5) is 0 Å². The molecule has 0 aliphatic heterocycles. The second kappa shape index (κ2) is 5.34. The quantitative estimate of drug-likeness (QED) is 0.878. The molecule has 3 rings (SSSR count). The fraction of sp³-hybridized carbons (Fsp3) is 0.625. The van der Waals surface area contributed by atoms with Crippen molar-refractivity contribution in [3.05, 3.63) is 28.8 Å². The van der Waals surface area contributed by atoms with Gasteiger partial charge in [-0.3, -0.25) is 0 Å². The normalized spacial score (nSPS) is 29.9. The van der Waals surface area contributed by atoms with Gasteiger partial charge in [0, 0.05) is 6.04 Å². The van der Waals surface area contributed by atoms with E-state index >= 15 is 0 Å². The van der Waals surface area contributed by atoms with Crippen LogP contribution in [0.2, 0.25) is 5.02 Å². The Balaban J connectivity index is 1.84. The largest absolute Gasteiger partial charge is 0.495 e. The molecular weight excluding hydrogens is 258 g/mol. The van der Waals surface area contributed by atoms with Crippen LogP contribution in [-0.4, -0.2) is 13.7 Å². The van der Waals surface area contributed by atoms with E-state index in [1.54, 1.807) is 7.11 Å². The number of hydrogen-bond donors (Lipinski definition) is 1. The van der Waals surface area contributed by atoms with Crippen LogP contribution in [0, 0.1) is 17.8 Å². The van der Waals surface area contributed by atoms with Gasteiger partial charge in [0.05, 0.1) is 12.1 Å². The summed E-state index contributed by atoms with van der Waals surface area (Å²) in [6.07, 6.45) is 4.26. The lowest BCUT2D eigenvalue weighted by atomic mass is 9.96. The van der Waals surface area contributed by atoms with Gasteiger partial charge in [-0.2, -0.15) is 0 Å². The number of ether oxygens (including phenoxy) is 1. The first-order chi connectivity index (χ1) is 9.26. The third-order valence-corrected chi connectivity index (χ3v) is 5.13. The van der Waals surface area contributed by atoms with Crippen molar-refractivity contribution in [2.45, 2.75) is 32.2 Å². The number of halogens is 1. The van der Waals surface area contributed by atoms with E-state index in [1.165, 1.54) is 24.8 Å². The van der Waals surface area contributed by atoms with Gasteiger partial charge in [0.15, 0.2) is 0 Å². The van der Waals surface area contributed by atoms with Crippen molar-refractivity contribution < 1.29 is 4.74 Å². The number of benzene rings is 1. The topological polar surface area (TPSA) is 21.3 Å². The van der Waals surface area contributed by atoms with Crippen molar-refractivity contribution in [2.75, 3.05) is 13.7 Å². The highest BCUT2D eigenvalue weighted by Gasteiger charge is 2.55. The van der Waals surface area contributed by atoms with Gasteiger partial charge in [-0.15, -0.1) is 0 Å². The molecular formula is C16H22ClNO. The molecule has 2 nitrogen and oxygen atoms in total. The highest BCUT2D eigenvalue weighted by Crippen LogP contribution is 2.62. The van der Waals surface area contributed by atoms with Gasteiger partial charge >= 0.3 is 0 Å². The van der Waals surface area contributed by atoms with E-state index in [2.05, 4.69) is 24.4 Å². The average molecular weight is 280 g/mol. The Bertz CT molecular complexity index is 452. The fourth-order valence-electron chi connectivity index (χ4n) is 3.94. The molecule has 3 heteroatoms. The fourth-order valence-corrected chi connectivity index (χ4v) is 4.13. The Morgan fingerprint density at radius 1 is 1.37 bits per heavy atom. The molecule has 3 atom stereocenters. The molecule has 3 unspecified atom stereocenters. The van der Waals surface area contributed by atoms with Crippen molar-refractivity contribution in [1.29, 1.82) is 0 Å². The third-order valence-electron chi connectivity index (χ3n) is 4.82. The second-order valence-electron chi connectivity index (χ2n) is 5.77. The van der Waals surface area contributed by atoms with Crippen LogP contribution < -0.4 is 10.1 Å². The van der Waals surface area contributed by atoms with Crippen molar-refractivity contribution in [3.8, 4) is 5.75 Å². The van der Waals surface area contributed by atoms with E-state index < -0.39 is 0 Å². The average Bonchev–Trinajstić information content (AvgIpc) is 2.88. The van der Waals surface area contributed by atoms with E-state index in [-0.39, 0.29) is 0 Å². The summed E-state index contributed by atoms with van der Waals surface area (Å²) in [6, 6.07) is 6.67. The summed E-state index contributed by atoms with van der Waals surface area (Å²) in [5.74, 6) is 3.50. The highest BCUT2D eigenvalue weighted by atomic mass is 35.5. The lowest BCUT2D eigenvalue weighted by Gasteiger charge is -2.21. The van der Waals surface area contributed by atoms with Gasteiger partial charge < -0.3 is 10.1 Å². The molecule has 0 bridgehead atoms. The first-order valence-electron chi connectivity index (χ1n) is 7.33. The van der Waals surface area contributed by atoms with Gasteiger partial charge in [0.2, 0.25) is 0 Å². The molecule has 19 heavy (non-hydrogen) atoms. The summed E-state index contributed by atoms with van der Waals surface area (Å²) in [7, 11) is 1.68. The summed E-state index contributed by atoms with van der Waals surface area (Å²) < 4.78 is 5.35. The summed E-state index contributed by atoms with van der Waals surface area (Å²) in [6.45, 7) is 3.18. The maximum absolute atomic E-state index is 6.12. The molecule has 0 radical (unpaired) electrons. The van der Waals surface area contributed by atoms with E-state index in [0.29, 0.717) is 11.1 Å². The molecule has 0 spiro atoms. The maximum atomic E-state index is 6.12. The standard InChI is InChI=1S/C16H22ClNO/c1-3-18-16(15-11-5-4-6-12(11)15)10-7-8-13(17)14(9-10)19-2/h7-9,11-12,15-16,18H,3-6H2,1-2H3. The van der Waals surface area contributed by atoms with Gasteiger partial charge in [0.25, 0.3) is 0 Å². The minimum atomic E-state index is 0.464. The Labute approximate surface area is 120 Å². The Hall–Kier alpha value is -0.730. The minimum absolute atomic E-state index is 0.464. The number of methoxy groups -OCH3 is 1. The van der Waals surface area contributed by atoms with Crippen molar-refractivity contribution in [3.63, 3.8) is 0 Å². The zero-order chi connectivity index (χ0) is 13.4. The lowest BCUT2D eigenvalue weighted by Crippen LogP contribution is -2.24. The Kier molecular flexibility index (Phi) is 3.72. The van der Waals surface area contributed by atoms with E-state index in [0.717, 1.165) is 30.0 Å². The van der Waals surface area contributed by atoms with Gasteiger partial charge in [-0.25, -0.2) is 0 Å². The number of fused-ring (bicyclic) bond motifs is 1. The second-order valence-corrected chi connectivity index (χ2v) is 6.17. The molecule has 0 heterocycles. The summed E-state index contributed by atoms with van der Waals surface area (Å²) in [5.41, 5.74) is 1.32. The van der Waals surface area contributed by atoms with Gasteiger partial charge in [-0.05, 0) is 54.8 Å². The van der Waals surface area contributed by atoms with Crippen molar-refractivity contribution in [1.82, 2.24) is 5.32 Å². The molecule has 104 valence electrons. The van der Waals surface area contributed by atoms with Crippen LogP contribution in [0.15, 0.2) is 18.2 Å². The first kappa shape index (κ1) is 13.3. The van der Waals surface area contributed by atoms with E-state index in [9.17, 15) is 0 Å². The van der Waals surface area contributed by atoms with Crippen LogP contribution in [0.1, 0.15) is 37.8 Å². The first-order valence-corrected chi connectivity index (χ1v) is 7.71. The van der Waals surface area contributed by atoms with E-state index in [1.807, 2.05) is 6.07 Å². The minimum Gasteiger partial charge on any atom is -0.495 e. The molecule has 2 saturated carbocycles. The lowest BCUT2D eigenvalue weighted by molar-refractivity contribution is 0.405. The van der Waals surface area contributed by atoms with Gasteiger partial charge in [-0.1, -0.05) is 31.0 Å². The number of nitrogens with one attached hydrogen (secondary N) is 1. The summed E-state index contributed by atoms with van der Waals surface area (Å²) in [5, 5.41) is 4.35. The molecule has 2 fully saturated rings. The maximum Gasteiger partial charge on any atom is 0.137 e. The zero-order valence-electron chi connectivity index (χ0n) is 11.7. The number of rotatable bonds is 5. The van der Waals surface area contributed by atoms with Crippen molar-refractivity contribution in [2.24, 2.45) is 17.8 Å². The zero-order valence-corrected chi connectivity index (χ0v) is 12.4. The Morgan fingerprint density at radius 2 is 2.11 bits per heavy atom. The predicted octanol–water partition coefficient (Wildman–Crippen LogP) is 4.05. The van der Waals surface area contributed by atoms with Gasteiger partial charge in [0.1, 0.15) is 5.75 Å². The molecule has 1 N–H and O–H groups in total. The Morgan fingerprint density at radius 3 is 2.74 bits per heavy atom. The predicted molar refractivity (Wildman–Crippen MR) is 78.7 cm³/mol.